The van der Waals surface area contributed by atoms with E-state index >= 15 is 0 Å². The second-order valence-electron chi connectivity index (χ2n) is 4.42. The van der Waals surface area contributed by atoms with Crippen LogP contribution >= 0.6 is 0 Å². The van der Waals surface area contributed by atoms with Gasteiger partial charge in [-0.15, -0.1) is 0 Å². The molecular weight excluding hydrogens is 188 g/mol. The van der Waals surface area contributed by atoms with Crippen molar-refractivity contribution in [3.8, 4) is 0 Å². The van der Waals surface area contributed by atoms with E-state index in [1.54, 1.807) is 0 Å². The van der Waals surface area contributed by atoms with Crippen LogP contribution in [0.1, 0.15) is 31.2 Å². The van der Waals surface area contributed by atoms with Crippen molar-refractivity contribution in [1.82, 2.24) is 0 Å². The third kappa shape index (κ3) is 1.92. The third-order valence-corrected chi connectivity index (χ3v) is 3.53. The fourth-order valence-electron chi connectivity index (χ4n) is 2.58. The summed E-state index contributed by atoms with van der Waals surface area (Å²) in [6, 6.07) is 9.73. The van der Waals surface area contributed by atoms with Crippen LogP contribution in [0.15, 0.2) is 30.3 Å². The van der Waals surface area contributed by atoms with Crippen LogP contribution in [0.4, 0.5) is 0 Å². The SMILES string of the molecule is OCC1CCCCC1(O)c1ccccc1. The summed E-state index contributed by atoms with van der Waals surface area (Å²) in [5.74, 6) is -0.00588. The minimum atomic E-state index is -0.811. The summed E-state index contributed by atoms with van der Waals surface area (Å²) in [4.78, 5) is 0. The molecule has 0 amide bonds. The maximum atomic E-state index is 10.6. The fraction of sp³-hybridized carbons (Fsp3) is 0.538. The van der Waals surface area contributed by atoms with Crippen LogP contribution in [0, 0.1) is 5.92 Å². The molecule has 0 saturated heterocycles. The number of aliphatic hydroxyl groups is 2. The number of aliphatic hydroxyl groups excluding tert-OH is 1. The molecule has 1 fully saturated rings. The molecule has 2 nitrogen and oxygen atoms in total. The second kappa shape index (κ2) is 4.33. The molecule has 0 spiro atoms. The Morgan fingerprint density at radius 3 is 2.60 bits per heavy atom. The first-order chi connectivity index (χ1) is 7.27. The second-order valence-corrected chi connectivity index (χ2v) is 4.42. The molecule has 1 aromatic carbocycles. The molecule has 82 valence electrons. The first-order valence-corrected chi connectivity index (χ1v) is 5.66. The summed E-state index contributed by atoms with van der Waals surface area (Å²) < 4.78 is 0. The minimum Gasteiger partial charge on any atom is -0.396 e. The normalized spacial score (nSPS) is 31.5. The van der Waals surface area contributed by atoms with Crippen LogP contribution in [0.5, 0.6) is 0 Å². The van der Waals surface area contributed by atoms with Crippen LogP contribution in [0.3, 0.4) is 0 Å². The van der Waals surface area contributed by atoms with Crippen LogP contribution in [-0.2, 0) is 5.60 Å². The summed E-state index contributed by atoms with van der Waals surface area (Å²) in [6.07, 6.45) is 3.84. The lowest BCUT2D eigenvalue weighted by Gasteiger charge is -2.39. The van der Waals surface area contributed by atoms with Gasteiger partial charge in [0.15, 0.2) is 0 Å². The zero-order valence-corrected chi connectivity index (χ0v) is 8.89. The van der Waals surface area contributed by atoms with Gasteiger partial charge in [-0.3, -0.25) is 0 Å². The molecule has 15 heavy (non-hydrogen) atoms. The summed E-state index contributed by atoms with van der Waals surface area (Å²) in [5, 5.41) is 20.0. The van der Waals surface area contributed by atoms with Crippen LogP contribution in [0.25, 0.3) is 0 Å². The van der Waals surface area contributed by atoms with Crippen LogP contribution in [-0.4, -0.2) is 16.8 Å². The van der Waals surface area contributed by atoms with E-state index in [0.717, 1.165) is 31.2 Å². The van der Waals surface area contributed by atoms with Crippen molar-refractivity contribution >= 4 is 0 Å². The Kier molecular flexibility index (Phi) is 3.08. The van der Waals surface area contributed by atoms with Gasteiger partial charge in [-0.05, 0) is 18.4 Å². The lowest BCUT2D eigenvalue weighted by molar-refractivity contribution is -0.0729. The Labute approximate surface area is 90.6 Å². The molecule has 1 aliphatic rings. The zero-order chi connectivity index (χ0) is 10.7. The Morgan fingerprint density at radius 1 is 1.20 bits per heavy atom. The molecule has 0 heterocycles. The Balaban J connectivity index is 2.30. The van der Waals surface area contributed by atoms with Gasteiger partial charge in [0.1, 0.15) is 0 Å². The van der Waals surface area contributed by atoms with Crippen LogP contribution in [0.2, 0.25) is 0 Å². The van der Waals surface area contributed by atoms with Crippen LogP contribution < -0.4 is 0 Å². The molecule has 0 radical (unpaired) electrons. The number of rotatable bonds is 2. The molecule has 1 aromatic rings. The predicted molar refractivity (Wildman–Crippen MR) is 59.4 cm³/mol. The number of benzene rings is 1. The van der Waals surface area contributed by atoms with E-state index in [1.165, 1.54) is 0 Å². The Bertz CT molecular complexity index is 310. The summed E-state index contributed by atoms with van der Waals surface area (Å²) >= 11 is 0. The molecule has 2 N–H and O–H groups in total. The molecular formula is C13H18O2. The van der Waals surface area contributed by atoms with E-state index in [0.29, 0.717) is 0 Å². The zero-order valence-electron chi connectivity index (χ0n) is 8.89. The summed E-state index contributed by atoms with van der Waals surface area (Å²) in [6.45, 7) is 0.0748. The van der Waals surface area contributed by atoms with E-state index in [4.69, 9.17) is 0 Å². The van der Waals surface area contributed by atoms with E-state index in [9.17, 15) is 10.2 Å². The standard InChI is InChI=1S/C13H18O2/c14-10-12-8-4-5-9-13(12,15)11-6-2-1-3-7-11/h1-3,6-7,12,14-15H,4-5,8-10H2. The van der Waals surface area contributed by atoms with Crippen molar-refractivity contribution < 1.29 is 10.2 Å². The van der Waals surface area contributed by atoms with E-state index < -0.39 is 5.60 Å². The average molecular weight is 206 g/mol. The van der Waals surface area contributed by atoms with E-state index in [-0.39, 0.29) is 12.5 Å². The van der Waals surface area contributed by atoms with Gasteiger partial charge in [-0.1, -0.05) is 43.2 Å². The Hall–Kier alpha value is -0.860. The molecule has 0 aliphatic heterocycles. The predicted octanol–water partition coefficient (Wildman–Crippen LogP) is 2.06. The van der Waals surface area contributed by atoms with Crippen molar-refractivity contribution in [1.29, 1.82) is 0 Å². The van der Waals surface area contributed by atoms with Crippen molar-refractivity contribution in [3.63, 3.8) is 0 Å². The molecule has 0 aromatic heterocycles. The molecule has 2 rings (SSSR count). The summed E-state index contributed by atoms with van der Waals surface area (Å²) in [5.41, 5.74) is 0.137. The molecule has 0 bridgehead atoms. The monoisotopic (exact) mass is 206 g/mol. The first-order valence-electron chi connectivity index (χ1n) is 5.66. The molecule has 1 saturated carbocycles. The van der Waals surface area contributed by atoms with E-state index in [2.05, 4.69) is 0 Å². The highest BCUT2D eigenvalue weighted by Crippen LogP contribution is 2.41. The highest BCUT2D eigenvalue weighted by molar-refractivity contribution is 5.23. The first kappa shape index (κ1) is 10.7. The highest BCUT2D eigenvalue weighted by Gasteiger charge is 2.39. The van der Waals surface area contributed by atoms with Crippen molar-refractivity contribution in [2.75, 3.05) is 6.61 Å². The maximum absolute atomic E-state index is 10.6. The van der Waals surface area contributed by atoms with Gasteiger partial charge in [0, 0.05) is 12.5 Å². The third-order valence-electron chi connectivity index (χ3n) is 3.53. The van der Waals surface area contributed by atoms with Gasteiger partial charge < -0.3 is 10.2 Å². The summed E-state index contributed by atoms with van der Waals surface area (Å²) in [7, 11) is 0. The quantitative estimate of drug-likeness (QED) is 0.777. The number of hydrogen-bond acceptors (Lipinski definition) is 2. The van der Waals surface area contributed by atoms with Gasteiger partial charge in [0.05, 0.1) is 5.60 Å². The van der Waals surface area contributed by atoms with Crippen molar-refractivity contribution in [2.24, 2.45) is 5.92 Å². The maximum Gasteiger partial charge on any atom is 0.0946 e. The van der Waals surface area contributed by atoms with Gasteiger partial charge in [-0.25, -0.2) is 0 Å². The van der Waals surface area contributed by atoms with E-state index in [1.807, 2.05) is 30.3 Å². The average Bonchev–Trinajstić information content (AvgIpc) is 2.31. The number of hydrogen-bond donors (Lipinski definition) is 2. The Morgan fingerprint density at radius 2 is 1.93 bits per heavy atom. The van der Waals surface area contributed by atoms with Gasteiger partial charge >= 0.3 is 0 Å². The smallest absolute Gasteiger partial charge is 0.0946 e. The topological polar surface area (TPSA) is 40.5 Å². The molecule has 2 atom stereocenters. The fourth-order valence-corrected chi connectivity index (χ4v) is 2.58. The molecule has 2 unspecified atom stereocenters. The van der Waals surface area contributed by atoms with Gasteiger partial charge in [0.2, 0.25) is 0 Å². The highest BCUT2D eigenvalue weighted by atomic mass is 16.3. The lowest BCUT2D eigenvalue weighted by Crippen LogP contribution is -2.39. The lowest BCUT2D eigenvalue weighted by atomic mass is 9.72. The molecule has 1 aliphatic carbocycles. The minimum absolute atomic E-state index is 0.00588. The van der Waals surface area contributed by atoms with Crippen molar-refractivity contribution in [2.45, 2.75) is 31.3 Å². The van der Waals surface area contributed by atoms with Gasteiger partial charge in [0.25, 0.3) is 0 Å². The van der Waals surface area contributed by atoms with Gasteiger partial charge in [-0.2, -0.15) is 0 Å². The van der Waals surface area contributed by atoms with Crippen molar-refractivity contribution in [3.05, 3.63) is 35.9 Å². The largest absolute Gasteiger partial charge is 0.396 e. The molecule has 2 heteroatoms.